The summed E-state index contributed by atoms with van der Waals surface area (Å²) in [5, 5.41) is 14.0. The molecule has 34 heavy (non-hydrogen) atoms. The van der Waals surface area contributed by atoms with Crippen LogP contribution in [0.5, 0.6) is 0 Å². The third kappa shape index (κ3) is 13.9. The molecule has 4 amide bonds. The first-order valence-corrected chi connectivity index (χ1v) is 12.3. The molecule has 11 heteroatoms. The van der Waals surface area contributed by atoms with Gasteiger partial charge in [0, 0.05) is 71.7 Å². The van der Waals surface area contributed by atoms with Crippen LogP contribution in [0.2, 0.25) is 0 Å². The lowest BCUT2D eigenvalue weighted by molar-refractivity contribution is -0.142. The van der Waals surface area contributed by atoms with Crippen LogP contribution in [0.25, 0.3) is 0 Å². The number of nitrogens with zero attached hydrogens (tertiary/aromatic N) is 2. The number of rotatable bonds is 11. The van der Waals surface area contributed by atoms with Crippen LogP contribution in [0.3, 0.4) is 0 Å². The van der Waals surface area contributed by atoms with E-state index in [2.05, 4.69) is 10.6 Å². The van der Waals surface area contributed by atoms with Crippen molar-refractivity contribution in [1.82, 2.24) is 20.4 Å². The predicted molar refractivity (Wildman–Crippen MR) is 128 cm³/mol. The standard InChI is InChI=1S/C12H22N2O3.C6H9O2.C5H11N3O/c15-10-3-1-2-5-11(16)6-4-8-14-9-7-13-12(14)17;7-6-4-2-1-3-5-8-6;6-1-3-8-4-2-7-5(8)9/h15H,1-10H2,(H,13,17);2H,1,3-5H2;1-4,6H2,(H,7,9)/q;+1;. The number of esters is 1. The Balaban J connectivity index is 0.000000284. The third-order valence-electron chi connectivity index (χ3n) is 5.41. The van der Waals surface area contributed by atoms with Crippen molar-refractivity contribution in [2.24, 2.45) is 5.73 Å². The highest BCUT2D eigenvalue weighted by Crippen LogP contribution is 2.06. The van der Waals surface area contributed by atoms with Crippen LogP contribution >= 0.6 is 0 Å². The maximum absolute atomic E-state index is 11.5. The zero-order chi connectivity index (χ0) is 25.0. The molecule has 0 aromatic heterocycles. The summed E-state index contributed by atoms with van der Waals surface area (Å²) in [6.45, 7) is 5.74. The van der Waals surface area contributed by atoms with E-state index in [1.165, 1.54) is 0 Å². The summed E-state index contributed by atoms with van der Waals surface area (Å²) in [6.07, 6.45) is 8.95. The van der Waals surface area contributed by atoms with Gasteiger partial charge in [-0.2, -0.15) is 0 Å². The number of amides is 4. The van der Waals surface area contributed by atoms with Crippen LogP contribution < -0.4 is 16.4 Å². The highest BCUT2D eigenvalue weighted by Gasteiger charge is 2.19. The normalized spacial score (nSPS) is 17.3. The van der Waals surface area contributed by atoms with E-state index in [9.17, 15) is 19.2 Å². The van der Waals surface area contributed by atoms with Crippen molar-refractivity contribution < 1.29 is 29.0 Å². The lowest BCUT2D eigenvalue weighted by Crippen LogP contribution is -2.32. The minimum Gasteiger partial charge on any atom is -0.462 e. The number of carbonyl (C=O) groups excluding carboxylic acids is 4. The van der Waals surface area contributed by atoms with Crippen molar-refractivity contribution in [1.29, 1.82) is 0 Å². The molecular formula is C23H42N5O6+. The Morgan fingerprint density at radius 1 is 0.971 bits per heavy atom. The second kappa shape index (κ2) is 18.8. The van der Waals surface area contributed by atoms with Gasteiger partial charge in [0.2, 0.25) is 0 Å². The topological polar surface area (TPSA) is 154 Å². The molecule has 0 spiro atoms. The van der Waals surface area contributed by atoms with Crippen LogP contribution in [0, 0.1) is 6.42 Å². The number of unbranched alkanes of at least 4 members (excludes halogenated alkanes) is 2. The minimum atomic E-state index is -0.0810. The molecule has 0 saturated carbocycles. The van der Waals surface area contributed by atoms with Gasteiger partial charge in [-0.05, 0) is 19.3 Å². The van der Waals surface area contributed by atoms with Crippen LogP contribution in [0.1, 0.15) is 57.8 Å². The second-order valence-corrected chi connectivity index (χ2v) is 8.26. The van der Waals surface area contributed by atoms with Gasteiger partial charge in [-0.3, -0.25) is 4.79 Å². The summed E-state index contributed by atoms with van der Waals surface area (Å²) in [6, 6.07) is 0.000782. The molecule has 0 aromatic carbocycles. The number of carbonyl (C=O) groups is 4. The quantitative estimate of drug-likeness (QED) is 0.192. The number of hydrogen-bond acceptors (Lipinski definition) is 7. The zero-order valence-corrected chi connectivity index (χ0v) is 20.3. The molecule has 0 aliphatic carbocycles. The van der Waals surface area contributed by atoms with Gasteiger partial charge in [-0.25, -0.2) is 14.4 Å². The first-order valence-electron chi connectivity index (χ1n) is 12.3. The van der Waals surface area contributed by atoms with Gasteiger partial charge in [-0.15, -0.1) is 0 Å². The second-order valence-electron chi connectivity index (χ2n) is 8.26. The van der Waals surface area contributed by atoms with Crippen LogP contribution in [0.15, 0.2) is 0 Å². The Morgan fingerprint density at radius 2 is 1.62 bits per heavy atom. The van der Waals surface area contributed by atoms with Crippen LogP contribution in [-0.4, -0.2) is 97.7 Å². The number of aliphatic hydroxyl groups excluding tert-OH is 1. The summed E-state index contributed by atoms with van der Waals surface area (Å²) in [5.41, 5.74) is 5.25. The van der Waals surface area contributed by atoms with Crippen molar-refractivity contribution in [3.8, 4) is 0 Å². The molecule has 3 rings (SSSR count). The van der Waals surface area contributed by atoms with Crippen molar-refractivity contribution >= 4 is 23.8 Å². The number of ether oxygens (including phenoxy) is 1. The first kappa shape index (κ1) is 29.5. The van der Waals surface area contributed by atoms with Crippen LogP contribution in [-0.2, 0) is 14.3 Å². The average Bonchev–Trinajstić information content (AvgIpc) is 3.33. The number of cyclic esters (lactones) is 1. The van der Waals surface area contributed by atoms with Crippen LogP contribution in [0.4, 0.5) is 9.59 Å². The molecule has 0 aromatic rings. The van der Waals surface area contributed by atoms with E-state index >= 15 is 0 Å². The smallest absolute Gasteiger partial charge is 0.351 e. The molecule has 0 bridgehead atoms. The van der Waals surface area contributed by atoms with E-state index in [1.54, 1.807) is 9.80 Å². The van der Waals surface area contributed by atoms with Gasteiger partial charge in [0.1, 0.15) is 5.78 Å². The van der Waals surface area contributed by atoms with E-state index < -0.39 is 0 Å². The van der Waals surface area contributed by atoms with E-state index in [4.69, 9.17) is 15.6 Å². The van der Waals surface area contributed by atoms with Gasteiger partial charge in [0.05, 0.1) is 19.4 Å². The van der Waals surface area contributed by atoms with Gasteiger partial charge in [0.25, 0.3) is 0 Å². The van der Waals surface area contributed by atoms with Gasteiger partial charge >= 0.3 is 18.0 Å². The highest BCUT2D eigenvalue weighted by atomic mass is 16.5. The van der Waals surface area contributed by atoms with Crippen molar-refractivity contribution in [3.63, 3.8) is 0 Å². The first-order chi connectivity index (χ1) is 16.5. The van der Waals surface area contributed by atoms with Gasteiger partial charge < -0.3 is 36.0 Å². The SMILES string of the molecule is NCCN1CCNC1=O.O=C(CCCCCO)CCCN1CCNC1=O.O=C1C[CH+]CCCO1. The number of urea groups is 2. The van der Waals surface area contributed by atoms with E-state index in [0.717, 1.165) is 58.2 Å². The maximum Gasteiger partial charge on any atom is 0.351 e. The number of Topliss-reactive ketones (excluding diaryl/α,β-unsaturated/α-hetero) is 1. The summed E-state index contributed by atoms with van der Waals surface area (Å²) in [5.74, 6) is 0.185. The summed E-state index contributed by atoms with van der Waals surface area (Å²) in [4.78, 5) is 47.3. The summed E-state index contributed by atoms with van der Waals surface area (Å²) in [7, 11) is 0. The monoisotopic (exact) mass is 484 g/mol. The minimum absolute atomic E-state index is 0.0135. The molecule has 3 heterocycles. The van der Waals surface area contributed by atoms with E-state index in [-0.39, 0.29) is 30.4 Å². The number of hydrogen-bond donors (Lipinski definition) is 4. The Bertz CT molecular complexity index is 609. The molecule has 0 unspecified atom stereocenters. The zero-order valence-electron chi connectivity index (χ0n) is 20.3. The summed E-state index contributed by atoms with van der Waals surface area (Å²) < 4.78 is 4.73. The third-order valence-corrected chi connectivity index (χ3v) is 5.41. The highest BCUT2D eigenvalue weighted by molar-refractivity contribution is 5.78. The molecular weight excluding hydrogens is 442 g/mol. The average molecular weight is 485 g/mol. The molecule has 3 fully saturated rings. The summed E-state index contributed by atoms with van der Waals surface area (Å²) >= 11 is 0. The van der Waals surface area contributed by atoms with Crippen molar-refractivity contribution in [3.05, 3.63) is 6.42 Å². The number of nitrogens with two attached hydrogens (primary N) is 1. The van der Waals surface area contributed by atoms with Crippen molar-refractivity contribution in [2.75, 3.05) is 59.0 Å². The number of ketones is 1. The van der Waals surface area contributed by atoms with E-state index in [1.807, 2.05) is 6.42 Å². The molecule has 5 N–H and O–H groups in total. The largest absolute Gasteiger partial charge is 0.462 e. The molecule has 0 radical (unpaired) electrons. The number of nitrogens with one attached hydrogen (secondary N) is 2. The Hall–Kier alpha value is -2.53. The lowest BCUT2D eigenvalue weighted by Gasteiger charge is -2.12. The molecule has 11 nitrogen and oxygen atoms in total. The Labute approximate surface area is 202 Å². The molecule has 0 atom stereocenters. The molecule has 3 aliphatic heterocycles. The van der Waals surface area contributed by atoms with E-state index in [0.29, 0.717) is 52.0 Å². The molecule has 3 aliphatic rings. The fraction of sp³-hybridized carbons (Fsp3) is 0.783. The van der Waals surface area contributed by atoms with Crippen molar-refractivity contribution in [2.45, 2.75) is 57.8 Å². The number of aliphatic hydroxyl groups is 1. The van der Waals surface area contributed by atoms with Gasteiger partial charge in [-0.1, -0.05) is 6.42 Å². The van der Waals surface area contributed by atoms with Gasteiger partial charge in [0.15, 0.2) is 6.42 Å². The Morgan fingerprint density at radius 3 is 2.21 bits per heavy atom. The maximum atomic E-state index is 11.5. The predicted octanol–water partition coefficient (Wildman–Crippen LogP) is 0.802. The molecule has 3 saturated heterocycles. The fourth-order valence-corrected chi connectivity index (χ4v) is 3.50. The lowest BCUT2D eigenvalue weighted by atomic mass is 10.1. The fourth-order valence-electron chi connectivity index (χ4n) is 3.50. The Kier molecular flexibility index (Phi) is 16.4. The molecule has 194 valence electrons.